The highest BCUT2D eigenvalue weighted by Crippen LogP contribution is 2.31. The molecule has 124 valence electrons. The standard InChI is InChI=1S/C14H21FN2O4S/c1-20-12-7-11(15)14(8-13(12)21-2)22(18,19)17-9-10-5-3-4-6-16-10/h7-8,10,16-17H,3-6,9H2,1-2H3/t10-/m1/s1. The van der Waals surface area contributed by atoms with Crippen LogP contribution in [-0.4, -0.2) is 41.8 Å². The zero-order valence-electron chi connectivity index (χ0n) is 12.7. The van der Waals surface area contributed by atoms with Crippen LogP contribution in [0.4, 0.5) is 4.39 Å². The third kappa shape index (κ3) is 3.88. The fourth-order valence-corrected chi connectivity index (χ4v) is 3.58. The molecule has 0 aliphatic carbocycles. The van der Waals surface area contributed by atoms with Gasteiger partial charge in [-0.3, -0.25) is 0 Å². The van der Waals surface area contributed by atoms with Crippen molar-refractivity contribution < 1.29 is 22.3 Å². The van der Waals surface area contributed by atoms with Gasteiger partial charge in [0.15, 0.2) is 11.5 Å². The number of halogens is 1. The summed E-state index contributed by atoms with van der Waals surface area (Å²) in [4.78, 5) is -0.444. The number of hydrogen-bond donors (Lipinski definition) is 2. The minimum Gasteiger partial charge on any atom is -0.493 e. The Kier molecular flexibility index (Phi) is 5.60. The molecule has 0 unspecified atom stereocenters. The molecule has 1 heterocycles. The first kappa shape index (κ1) is 17.0. The minimum atomic E-state index is -3.95. The number of sulfonamides is 1. The van der Waals surface area contributed by atoms with Gasteiger partial charge in [0, 0.05) is 24.7 Å². The first-order valence-electron chi connectivity index (χ1n) is 7.12. The summed E-state index contributed by atoms with van der Waals surface area (Å²) in [5.41, 5.74) is 0. The van der Waals surface area contributed by atoms with Crippen LogP contribution in [0.1, 0.15) is 19.3 Å². The number of rotatable bonds is 6. The van der Waals surface area contributed by atoms with Gasteiger partial charge in [0.25, 0.3) is 0 Å². The van der Waals surface area contributed by atoms with Gasteiger partial charge in [-0.25, -0.2) is 17.5 Å². The second kappa shape index (κ2) is 7.26. The molecule has 0 radical (unpaired) electrons. The summed E-state index contributed by atoms with van der Waals surface area (Å²) in [6, 6.07) is 2.21. The summed E-state index contributed by atoms with van der Waals surface area (Å²) in [7, 11) is -1.22. The molecule has 1 saturated heterocycles. The highest BCUT2D eigenvalue weighted by molar-refractivity contribution is 7.89. The molecule has 0 saturated carbocycles. The zero-order valence-corrected chi connectivity index (χ0v) is 13.5. The lowest BCUT2D eigenvalue weighted by Gasteiger charge is -2.23. The van der Waals surface area contributed by atoms with Crippen molar-refractivity contribution in [2.45, 2.75) is 30.2 Å². The van der Waals surface area contributed by atoms with E-state index in [1.165, 1.54) is 14.2 Å². The van der Waals surface area contributed by atoms with E-state index in [1.54, 1.807) is 0 Å². The molecule has 0 amide bonds. The second-order valence-corrected chi connectivity index (χ2v) is 6.87. The second-order valence-electron chi connectivity index (χ2n) is 5.14. The Morgan fingerprint density at radius 2 is 1.95 bits per heavy atom. The molecule has 22 heavy (non-hydrogen) atoms. The van der Waals surface area contributed by atoms with E-state index in [1.807, 2.05) is 0 Å². The van der Waals surface area contributed by atoms with Gasteiger partial charge in [0.1, 0.15) is 10.7 Å². The Balaban J connectivity index is 2.17. The van der Waals surface area contributed by atoms with Crippen LogP contribution in [0, 0.1) is 5.82 Å². The topological polar surface area (TPSA) is 76.7 Å². The van der Waals surface area contributed by atoms with Crippen LogP contribution in [0.3, 0.4) is 0 Å². The van der Waals surface area contributed by atoms with E-state index in [2.05, 4.69) is 10.0 Å². The number of piperidine rings is 1. The smallest absolute Gasteiger partial charge is 0.243 e. The van der Waals surface area contributed by atoms with Crippen molar-refractivity contribution in [2.24, 2.45) is 0 Å². The molecular formula is C14H21FN2O4S. The largest absolute Gasteiger partial charge is 0.493 e. The van der Waals surface area contributed by atoms with Gasteiger partial charge in [-0.2, -0.15) is 0 Å². The number of methoxy groups -OCH3 is 2. The predicted molar refractivity (Wildman–Crippen MR) is 80.3 cm³/mol. The summed E-state index contributed by atoms with van der Waals surface area (Å²) < 4.78 is 51.0. The summed E-state index contributed by atoms with van der Waals surface area (Å²) in [6.45, 7) is 1.10. The van der Waals surface area contributed by atoms with Gasteiger partial charge < -0.3 is 14.8 Å². The maximum atomic E-state index is 14.0. The molecule has 1 aromatic rings. The van der Waals surface area contributed by atoms with Crippen molar-refractivity contribution in [3.8, 4) is 11.5 Å². The molecule has 1 aromatic carbocycles. The average Bonchev–Trinajstić information content (AvgIpc) is 2.53. The van der Waals surface area contributed by atoms with Gasteiger partial charge in [-0.1, -0.05) is 6.42 Å². The molecule has 0 aromatic heterocycles. The first-order valence-corrected chi connectivity index (χ1v) is 8.61. The molecule has 1 fully saturated rings. The summed E-state index contributed by atoms with van der Waals surface area (Å²) in [6.07, 6.45) is 3.05. The highest BCUT2D eigenvalue weighted by atomic mass is 32.2. The van der Waals surface area contributed by atoms with Crippen molar-refractivity contribution in [3.05, 3.63) is 17.9 Å². The van der Waals surface area contributed by atoms with Gasteiger partial charge in [-0.15, -0.1) is 0 Å². The van der Waals surface area contributed by atoms with E-state index in [0.717, 1.165) is 37.9 Å². The Morgan fingerprint density at radius 1 is 1.27 bits per heavy atom. The van der Waals surface area contributed by atoms with E-state index in [-0.39, 0.29) is 24.1 Å². The fourth-order valence-electron chi connectivity index (χ4n) is 2.43. The summed E-state index contributed by atoms with van der Waals surface area (Å²) in [5, 5.41) is 3.23. The van der Waals surface area contributed by atoms with Crippen LogP contribution >= 0.6 is 0 Å². The molecule has 2 N–H and O–H groups in total. The van der Waals surface area contributed by atoms with Crippen molar-refractivity contribution in [3.63, 3.8) is 0 Å². The van der Waals surface area contributed by atoms with Crippen LogP contribution in [0.15, 0.2) is 17.0 Å². The number of ether oxygens (including phenoxy) is 2. The van der Waals surface area contributed by atoms with E-state index < -0.39 is 20.7 Å². The molecule has 8 heteroatoms. The van der Waals surface area contributed by atoms with E-state index in [9.17, 15) is 12.8 Å². The Bertz CT molecular complexity index is 616. The average molecular weight is 332 g/mol. The molecule has 1 atom stereocenters. The SMILES string of the molecule is COc1cc(F)c(S(=O)(=O)NC[C@H]2CCCCN2)cc1OC. The molecular weight excluding hydrogens is 311 g/mol. The molecule has 0 bridgehead atoms. The lowest BCUT2D eigenvalue weighted by atomic mass is 10.1. The van der Waals surface area contributed by atoms with Crippen molar-refractivity contribution in [1.82, 2.24) is 10.0 Å². The van der Waals surface area contributed by atoms with Crippen LogP contribution in [0.5, 0.6) is 11.5 Å². The Hall–Kier alpha value is -1.38. The van der Waals surface area contributed by atoms with Crippen LogP contribution in [-0.2, 0) is 10.0 Å². The van der Waals surface area contributed by atoms with E-state index >= 15 is 0 Å². The molecule has 1 aliphatic rings. The number of benzene rings is 1. The third-order valence-corrected chi connectivity index (χ3v) is 5.10. The Labute approximate surface area is 130 Å². The summed E-state index contributed by atoms with van der Waals surface area (Å²) in [5.74, 6) is -0.560. The minimum absolute atomic E-state index is 0.0757. The van der Waals surface area contributed by atoms with Crippen molar-refractivity contribution >= 4 is 10.0 Å². The molecule has 2 rings (SSSR count). The fraction of sp³-hybridized carbons (Fsp3) is 0.571. The molecule has 6 nitrogen and oxygen atoms in total. The van der Waals surface area contributed by atoms with Crippen molar-refractivity contribution in [1.29, 1.82) is 0 Å². The molecule has 0 spiro atoms. The van der Waals surface area contributed by atoms with Crippen LogP contribution in [0.2, 0.25) is 0 Å². The highest BCUT2D eigenvalue weighted by Gasteiger charge is 2.24. The van der Waals surface area contributed by atoms with Gasteiger partial charge >= 0.3 is 0 Å². The lowest BCUT2D eigenvalue weighted by Crippen LogP contribution is -2.43. The van der Waals surface area contributed by atoms with E-state index in [4.69, 9.17) is 9.47 Å². The maximum absolute atomic E-state index is 14.0. The normalized spacial score (nSPS) is 19.0. The molecule has 1 aliphatic heterocycles. The quantitative estimate of drug-likeness (QED) is 0.820. The van der Waals surface area contributed by atoms with E-state index in [0.29, 0.717) is 0 Å². The zero-order chi connectivity index (χ0) is 16.2. The van der Waals surface area contributed by atoms with Crippen LogP contribution < -0.4 is 19.5 Å². The monoisotopic (exact) mass is 332 g/mol. The maximum Gasteiger partial charge on any atom is 0.243 e. The van der Waals surface area contributed by atoms with Gasteiger partial charge in [0.2, 0.25) is 10.0 Å². The summed E-state index contributed by atoms with van der Waals surface area (Å²) >= 11 is 0. The third-order valence-electron chi connectivity index (χ3n) is 3.66. The number of hydrogen-bond acceptors (Lipinski definition) is 5. The Morgan fingerprint density at radius 3 is 2.55 bits per heavy atom. The predicted octanol–water partition coefficient (Wildman–Crippen LogP) is 1.26. The number of nitrogens with one attached hydrogen (secondary N) is 2. The van der Waals surface area contributed by atoms with Crippen molar-refractivity contribution in [2.75, 3.05) is 27.3 Å². The van der Waals surface area contributed by atoms with Gasteiger partial charge in [-0.05, 0) is 19.4 Å². The van der Waals surface area contributed by atoms with Gasteiger partial charge in [0.05, 0.1) is 14.2 Å². The first-order chi connectivity index (χ1) is 10.5. The van der Waals surface area contributed by atoms with Crippen LogP contribution in [0.25, 0.3) is 0 Å². The lowest BCUT2D eigenvalue weighted by molar-refractivity contribution is 0.350.